The maximum absolute atomic E-state index is 13.8. The van der Waals surface area contributed by atoms with E-state index < -0.39 is 23.0 Å². The number of unbranched alkanes of at least 4 members (excludes halogenated alkanes) is 2. The summed E-state index contributed by atoms with van der Waals surface area (Å²) < 4.78 is 5.53. The topological polar surface area (TPSA) is 120 Å². The molecule has 5 aliphatic rings. The summed E-state index contributed by atoms with van der Waals surface area (Å²) in [6.45, 7) is 40.6. The lowest BCUT2D eigenvalue weighted by molar-refractivity contribution is -0.144. The summed E-state index contributed by atoms with van der Waals surface area (Å²) in [4.78, 5) is 62.2. The van der Waals surface area contributed by atoms with Gasteiger partial charge in [0.05, 0.1) is 11.1 Å². The normalized spacial score (nSPS) is 19.5. The minimum absolute atomic E-state index is 0.0983. The lowest BCUT2D eigenvalue weighted by Crippen LogP contribution is -2.60. The second kappa shape index (κ2) is 42.4. The van der Waals surface area contributed by atoms with Crippen LogP contribution in [0.25, 0.3) is 0 Å². The molecule has 12 heteroatoms. The van der Waals surface area contributed by atoms with E-state index in [9.17, 15) is 19.2 Å². The summed E-state index contributed by atoms with van der Waals surface area (Å²) in [5.41, 5.74) is 10.1. The molecule has 10 nitrogen and oxygen atoms in total. The number of likely N-dealkylation sites (N-methyl/N-ethyl adjacent to an activating group) is 1. The van der Waals surface area contributed by atoms with Gasteiger partial charge in [-0.2, -0.15) is 0 Å². The number of carbonyl (C=O) groups excluding carboxylic acids is 4. The average Bonchev–Trinajstić information content (AvgIpc) is 1.71. The van der Waals surface area contributed by atoms with Gasteiger partial charge in [-0.15, -0.1) is 0 Å². The van der Waals surface area contributed by atoms with Crippen molar-refractivity contribution >= 4 is 57.0 Å². The second-order valence-electron chi connectivity index (χ2n) is 27.9. The molecule has 6 atom stereocenters. The molecule has 4 aliphatic carbocycles. The summed E-state index contributed by atoms with van der Waals surface area (Å²) in [5.74, 6) is 2.82. The Labute approximate surface area is 557 Å². The summed E-state index contributed by atoms with van der Waals surface area (Å²) in [5, 5.41) is 8.43. The van der Waals surface area contributed by atoms with Crippen molar-refractivity contribution < 1.29 is 23.9 Å². The summed E-state index contributed by atoms with van der Waals surface area (Å²) in [6, 6.07) is 4.72. The van der Waals surface area contributed by atoms with Gasteiger partial charge in [0.25, 0.3) is 5.91 Å². The van der Waals surface area contributed by atoms with E-state index in [-0.39, 0.29) is 23.6 Å². The van der Waals surface area contributed by atoms with Crippen LogP contribution in [-0.4, -0.2) is 97.7 Å². The Morgan fingerprint density at radius 1 is 0.888 bits per heavy atom. The van der Waals surface area contributed by atoms with Crippen molar-refractivity contribution in [3.05, 3.63) is 102 Å². The van der Waals surface area contributed by atoms with E-state index in [1.54, 1.807) is 34.9 Å². The molecule has 2 saturated carbocycles. The van der Waals surface area contributed by atoms with Gasteiger partial charge in [0.1, 0.15) is 12.1 Å². The van der Waals surface area contributed by atoms with Crippen LogP contribution in [0.15, 0.2) is 95.7 Å². The van der Waals surface area contributed by atoms with Crippen LogP contribution in [0.4, 0.5) is 0 Å². The summed E-state index contributed by atoms with van der Waals surface area (Å²) >= 11 is 5.30. The first kappa shape index (κ1) is 81.3. The number of nitrogens with zero attached hydrogens (tertiary/aromatic N) is 3. The molecular formula is C77H128BrN5O5S. The van der Waals surface area contributed by atoms with Gasteiger partial charge in [0, 0.05) is 41.9 Å². The van der Waals surface area contributed by atoms with E-state index in [0.29, 0.717) is 36.9 Å². The van der Waals surface area contributed by atoms with Crippen LogP contribution in [0.2, 0.25) is 0 Å². The molecule has 0 bridgehead atoms. The lowest BCUT2D eigenvalue weighted by Gasteiger charge is -2.37. The maximum atomic E-state index is 13.8. The van der Waals surface area contributed by atoms with Gasteiger partial charge in [-0.25, -0.2) is 4.99 Å². The third-order valence-electron chi connectivity index (χ3n) is 18.8. The third kappa shape index (κ3) is 27.7. The number of likely N-dealkylation sites (tertiary alicyclic amines) is 1. The molecule has 1 aromatic rings. The fraction of sp³-hybridized carbons (Fsp3) is 0.701. The second-order valence-corrected chi connectivity index (χ2v) is 29.6. The Morgan fingerprint density at radius 2 is 1.56 bits per heavy atom. The molecule has 2 N–H and O–H groups in total. The summed E-state index contributed by atoms with van der Waals surface area (Å²) in [7, 11) is 5.53. The zero-order valence-corrected chi connectivity index (χ0v) is 62.7. The van der Waals surface area contributed by atoms with Crippen LogP contribution in [0, 0.1) is 29.1 Å². The maximum Gasteiger partial charge on any atom is 0.278 e. The molecule has 89 heavy (non-hydrogen) atoms. The van der Waals surface area contributed by atoms with E-state index in [1.807, 2.05) is 64.9 Å². The van der Waals surface area contributed by atoms with Crippen molar-refractivity contribution in [2.75, 3.05) is 40.9 Å². The largest absolute Gasteiger partial charge is 0.385 e. The smallest absolute Gasteiger partial charge is 0.278 e. The standard InChI is InChI=1S/C33H52N4O3S.C17H24BrNO.C17H30.C6H12.C4H10O/c1-10-23(4)21-41-27(22(2)3)25-15-13-24(14-16-25)20-34-29(38)26-12-11-19-37(26)30(39)28(32(5,6)7)35-31(40)33(17-18-33)36(8)9;1-6-11(3)13(5)19-17(20)16-14(12(4)7-2)9-8-10-15(16)18;1-5-7-8-10-16(9-6-2)17-12-11-14(3)15(4)13-17;1-6-4-2-3-5-6;1-3-4-5-2/h13,15,21,26,28H,10-12,14,16-20H2,1-9H3,(H,34,38)(H,35,40);8-12H,6-7H2,1-5H3;12-14,16H,5-11H2,1-4H3;6H,2-5H2,1H3;3-4H2,1-2H3. The molecule has 4 amide bonds. The number of benzene rings is 1. The first-order chi connectivity index (χ1) is 42.1. The van der Waals surface area contributed by atoms with Crippen molar-refractivity contribution in [2.45, 2.75) is 283 Å². The Bertz CT molecular complexity index is 2570. The number of rotatable bonds is 25. The first-order valence-electron chi connectivity index (χ1n) is 34.8. The van der Waals surface area contributed by atoms with Crippen LogP contribution in [0.1, 0.15) is 281 Å². The van der Waals surface area contributed by atoms with E-state index in [4.69, 9.17) is 4.74 Å². The highest BCUT2D eigenvalue weighted by atomic mass is 79.9. The Morgan fingerprint density at radius 3 is 2.04 bits per heavy atom. The van der Waals surface area contributed by atoms with Gasteiger partial charge in [0.2, 0.25) is 17.7 Å². The Balaban J connectivity index is 0.000000463. The van der Waals surface area contributed by atoms with E-state index in [2.05, 4.69) is 158 Å². The van der Waals surface area contributed by atoms with E-state index in [1.165, 1.54) is 97.8 Å². The number of halogens is 1. The fourth-order valence-corrected chi connectivity index (χ4v) is 13.1. The number of hydrogen-bond acceptors (Lipinski definition) is 7. The number of hydrogen-bond donors (Lipinski definition) is 2. The first-order valence-corrected chi connectivity index (χ1v) is 36.5. The van der Waals surface area contributed by atoms with Crippen molar-refractivity contribution in [1.82, 2.24) is 20.4 Å². The molecule has 1 saturated heterocycles. The van der Waals surface area contributed by atoms with Gasteiger partial charge < -0.3 is 20.3 Å². The molecular weight excluding hydrogens is 1190 g/mol. The predicted molar refractivity (Wildman–Crippen MR) is 388 cm³/mol. The number of allylic oxidation sites excluding steroid dienone is 9. The number of carbonyl (C=O) groups is 4. The molecule has 0 spiro atoms. The van der Waals surface area contributed by atoms with E-state index in [0.717, 1.165) is 97.9 Å². The van der Waals surface area contributed by atoms with Crippen LogP contribution >= 0.6 is 27.7 Å². The van der Waals surface area contributed by atoms with Crippen molar-refractivity contribution in [2.24, 2.45) is 34.1 Å². The Hall–Kier alpha value is -3.84. The number of thioether (sulfide) groups is 1. The fourth-order valence-electron chi connectivity index (χ4n) is 11.5. The molecule has 0 aromatic heterocycles. The highest BCUT2D eigenvalue weighted by Gasteiger charge is 2.54. The predicted octanol–water partition coefficient (Wildman–Crippen LogP) is 20.5. The van der Waals surface area contributed by atoms with Crippen LogP contribution in [0.5, 0.6) is 0 Å². The zero-order chi connectivity index (χ0) is 67.0. The van der Waals surface area contributed by atoms with Crippen LogP contribution < -0.4 is 10.6 Å². The van der Waals surface area contributed by atoms with Gasteiger partial charge in [0.15, 0.2) is 0 Å². The van der Waals surface area contributed by atoms with E-state index >= 15 is 0 Å². The minimum atomic E-state index is -0.691. The van der Waals surface area contributed by atoms with Crippen LogP contribution in [-0.2, 0) is 19.1 Å². The molecule has 1 aromatic carbocycles. The lowest BCUT2D eigenvalue weighted by atomic mass is 9.82. The highest BCUT2D eigenvalue weighted by molar-refractivity contribution is 9.10. The molecule has 504 valence electrons. The molecule has 6 unspecified atom stereocenters. The molecule has 0 radical (unpaired) electrons. The number of aliphatic imine (C=N–C) groups is 1. The van der Waals surface area contributed by atoms with Gasteiger partial charge in [-0.3, -0.25) is 24.1 Å². The number of methoxy groups -OCH3 is 1. The average molecular weight is 1320 g/mol. The molecule has 1 heterocycles. The van der Waals surface area contributed by atoms with Crippen LogP contribution in [0.3, 0.4) is 0 Å². The zero-order valence-electron chi connectivity index (χ0n) is 60.3. The molecule has 3 fully saturated rings. The van der Waals surface area contributed by atoms with Gasteiger partial charge >= 0.3 is 0 Å². The van der Waals surface area contributed by atoms with Gasteiger partial charge in [-0.05, 0) is 211 Å². The Kier molecular flexibility index (Phi) is 38.7. The highest BCUT2D eigenvalue weighted by Crippen LogP contribution is 2.41. The van der Waals surface area contributed by atoms with Crippen molar-refractivity contribution in [1.29, 1.82) is 0 Å². The summed E-state index contributed by atoms with van der Waals surface area (Å²) in [6.07, 6.45) is 33.8. The number of ether oxygens (including phenoxy) is 1. The SMILES string of the molecule is CC1CCCC1.CCC(C)=CSC(C1=CC=C(CNC(=O)C2CCCN2C(=O)C(NC(=O)C2(N(C)C)CC2)C(C)(C)C)CC1)=C(C)C.CCC(C)C(C)=NC(=O)c1c(Br)cccc1C(C)CC.CCCCCC(CCC)C1=CCC(C)C(C)=C1.CCCOC. The third-order valence-corrected chi connectivity index (χ3v) is 20.9. The number of amides is 4. The quantitative estimate of drug-likeness (QED) is 0.0739. The minimum Gasteiger partial charge on any atom is -0.385 e. The van der Waals surface area contributed by atoms with Gasteiger partial charge in [-0.1, -0.05) is 212 Å². The monoisotopic (exact) mass is 1310 g/mol. The van der Waals surface area contributed by atoms with Crippen molar-refractivity contribution in [3.63, 3.8) is 0 Å². The molecule has 6 rings (SSSR count). The van der Waals surface area contributed by atoms with Crippen molar-refractivity contribution in [3.8, 4) is 0 Å². The molecule has 1 aliphatic heterocycles. The number of nitrogens with one attached hydrogen (secondary N) is 2.